The number of urea groups is 1. The molecule has 0 unspecified atom stereocenters. The van der Waals surface area contributed by atoms with Crippen LogP contribution in [0.3, 0.4) is 0 Å². The maximum absolute atomic E-state index is 11.5. The van der Waals surface area contributed by atoms with Crippen LogP contribution in [0.25, 0.3) is 0 Å². The molecule has 0 aromatic rings. The number of carboxylic acid groups (broad SMARTS) is 1. The molecule has 16 heavy (non-hydrogen) atoms. The molecule has 0 saturated carbocycles. The SMILES string of the molecule is O=C(O)[C@@H](O)CCNC(=O)N1CCNCC1. The van der Waals surface area contributed by atoms with Gasteiger partial charge in [-0.2, -0.15) is 0 Å². The van der Waals surface area contributed by atoms with Gasteiger partial charge in [0, 0.05) is 39.1 Å². The van der Waals surface area contributed by atoms with Crippen molar-refractivity contribution in [1.82, 2.24) is 15.5 Å². The summed E-state index contributed by atoms with van der Waals surface area (Å²) in [6.45, 7) is 2.99. The Morgan fingerprint density at radius 3 is 2.56 bits per heavy atom. The molecule has 7 nitrogen and oxygen atoms in total. The first-order chi connectivity index (χ1) is 7.61. The summed E-state index contributed by atoms with van der Waals surface area (Å²) < 4.78 is 0. The minimum absolute atomic E-state index is 0.0210. The maximum Gasteiger partial charge on any atom is 0.332 e. The normalized spacial score (nSPS) is 17.9. The number of nitrogens with zero attached hydrogens (tertiary/aromatic N) is 1. The van der Waals surface area contributed by atoms with Crippen LogP contribution in [0.5, 0.6) is 0 Å². The predicted octanol–water partition coefficient (Wildman–Crippen LogP) is -1.56. The molecule has 1 saturated heterocycles. The van der Waals surface area contributed by atoms with Gasteiger partial charge in [0.1, 0.15) is 0 Å². The van der Waals surface area contributed by atoms with Crippen molar-refractivity contribution >= 4 is 12.0 Å². The lowest BCUT2D eigenvalue weighted by Gasteiger charge is -2.27. The molecule has 1 heterocycles. The number of hydrogen-bond acceptors (Lipinski definition) is 4. The lowest BCUT2D eigenvalue weighted by atomic mass is 10.2. The zero-order chi connectivity index (χ0) is 12.0. The van der Waals surface area contributed by atoms with Crippen LogP contribution in [0.15, 0.2) is 0 Å². The van der Waals surface area contributed by atoms with Crippen molar-refractivity contribution in [3.63, 3.8) is 0 Å². The van der Waals surface area contributed by atoms with Crippen molar-refractivity contribution in [2.75, 3.05) is 32.7 Å². The monoisotopic (exact) mass is 231 g/mol. The lowest BCUT2D eigenvalue weighted by molar-refractivity contribution is -0.146. The van der Waals surface area contributed by atoms with Crippen LogP contribution in [0.1, 0.15) is 6.42 Å². The quantitative estimate of drug-likeness (QED) is 0.468. The number of carbonyl (C=O) groups is 2. The molecule has 0 bridgehead atoms. The summed E-state index contributed by atoms with van der Waals surface area (Å²) >= 11 is 0. The van der Waals surface area contributed by atoms with Gasteiger partial charge in [0.2, 0.25) is 0 Å². The summed E-state index contributed by atoms with van der Waals surface area (Å²) in [6, 6.07) is -0.209. The number of nitrogens with one attached hydrogen (secondary N) is 2. The van der Waals surface area contributed by atoms with E-state index in [1.807, 2.05) is 0 Å². The smallest absolute Gasteiger partial charge is 0.332 e. The number of rotatable bonds is 4. The molecule has 1 aliphatic rings. The molecular weight excluding hydrogens is 214 g/mol. The average molecular weight is 231 g/mol. The number of aliphatic carboxylic acids is 1. The molecule has 0 radical (unpaired) electrons. The molecule has 1 rings (SSSR count). The molecule has 7 heteroatoms. The van der Waals surface area contributed by atoms with Crippen molar-refractivity contribution in [2.45, 2.75) is 12.5 Å². The first-order valence-corrected chi connectivity index (χ1v) is 5.25. The van der Waals surface area contributed by atoms with E-state index in [1.165, 1.54) is 0 Å². The van der Waals surface area contributed by atoms with Crippen LogP contribution in [-0.4, -0.2) is 65.9 Å². The Morgan fingerprint density at radius 1 is 1.38 bits per heavy atom. The van der Waals surface area contributed by atoms with Gasteiger partial charge in [0.25, 0.3) is 0 Å². The van der Waals surface area contributed by atoms with Gasteiger partial charge in [-0.05, 0) is 0 Å². The van der Waals surface area contributed by atoms with Gasteiger partial charge in [0.05, 0.1) is 0 Å². The van der Waals surface area contributed by atoms with Crippen molar-refractivity contribution in [3.8, 4) is 0 Å². The molecule has 0 aromatic heterocycles. The standard InChI is InChI=1S/C9H17N3O4/c13-7(8(14)15)1-2-11-9(16)12-5-3-10-4-6-12/h7,10,13H,1-6H2,(H,11,16)(H,14,15)/t7-/m0/s1. The number of carbonyl (C=O) groups excluding carboxylic acids is 1. The first kappa shape index (κ1) is 12.7. The Bertz CT molecular complexity index is 253. The zero-order valence-electron chi connectivity index (χ0n) is 8.98. The van der Waals surface area contributed by atoms with Gasteiger partial charge in [-0.15, -0.1) is 0 Å². The van der Waals surface area contributed by atoms with Gasteiger partial charge in [0.15, 0.2) is 6.10 Å². The minimum Gasteiger partial charge on any atom is -0.479 e. The largest absolute Gasteiger partial charge is 0.479 e. The second-order valence-corrected chi connectivity index (χ2v) is 3.61. The summed E-state index contributed by atoms with van der Waals surface area (Å²) in [5.74, 6) is -1.27. The van der Waals surface area contributed by atoms with Gasteiger partial charge in [-0.3, -0.25) is 0 Å². The first-order valence-electron chi connectivity index (χ1n) is 5.25. The highest BCUT2D eigenvalue weighted by Crippen LogP contribution is 1.94. The predicted molar refractivity (Wildman–Crippen MR) is 56.1 cm³/mol. The van der Waals surface area contributed by atoms with Gasteiger partial charge < -0.3 is 25.7 Å². The molecule has 0 spiro atoms. The third-order valence-corrected chi connectivity index (χ3v) is 2.38. The van der Waals surface area contributed by atoms with E-state index in [2.05, 4.69) is 10.6 Å². The highest BCUT2D eigenvalue weighted by atomic mass is 16.4. The Labute approximate surface area is 93.4 Å². The number of piperazine rings is 1. The fourth-order valence-electron chi connectivity index (χ4n) is 1.42. The lowest BCUT2D eigenvalue weighted by Crippen LogP contribution is -2.50. The Morgan fingerprint density at radius 2 is 2.00 bits per heavy atom. The second kappa shape index (κ2) is 6.29. The maximum atomic E-state index is 11.5. The molecule has 4 N–H and O–H groups in total. The molecule has 2 amide bonds. The number of carboxylic acids is 1. The van der Waals surface area contributed by atoms with Crippen molar-refractivity contribution in [3.05, 3.63) is 0 Å². The summed E-state index contributed by atoms with van der Waals surface area (Å²) in [5, 5.41) is 23.1. The zero-order valence-corrected chi connectivity index (χ0v) is 8.98. The van der Waals surface area contributed by atoms with E-state index in [4.69, 9.17) is 10.2 Å². The van der Waals surface area contributed by atoms with Crippen LogP contribution in [-0.2, 0) is 4.79 Å². The molecular formula is C9H17N3O4. The fraction of sp³-hybridized carbons (Fsp3) is 0.778. The molecule has 1 fully saturated rings. The fourth-order valence-corrected chi connectivity index (χ4v) is 1.42. The third kappa shape index (κ3) is 4.03. The van der Waals surface area contributed by atoms with Crippen LogP contribution >= 0.6 is 0 Å². The van der Waals surface area contributed by atoms with E-state index in [-0.39, 0.29) is 19.0 Å². The average Bonchev–Trinajstić information content (AvgIpc) is 2.29. The number of aliphatic hydroxyl groups excluding tert-OH is 1. The highest BCUT2D eigenvalue weighted by Gasteiger charge is 2.17. The van der Waals surface area contributed by atoms with Crippen LogP contribution < -0.4 is 10.6 Å². The Hall–Kier alpha value is -1.34. The van der Waals surface area contributed by atoms with E-state index in [0.717, 1.165) is 13.1 Å². The number of amides is 2. The summed E-state index contributed by atoms with van der Waals surface area (Å²) in [4.78, 5) is 23.5. The van der Waals surface area contributed by atoms with Crippen LogP contribution in [0.4, 0.5) is 4.79 Å². The molecule has 0 aromatic carbocycles. The van der Waals surface area contributed by atoms with Crippen LogP contribution in [0.2, 0.25) is 0 Å². The Kier molecular flexibility index (Phi) is 5.00. The van der Waals surface area contributed by atoms with Crippen molar-refractivity contribution in [1.29, 1.82) is 0 Å². The van der Waals surface area contributed by atoms with Gasteiger partial charge in [-0.25, -0.2) is 9.59 Å². The summed E-state index contributed by atoms with van der Waals surface area (Å²) in [7, 11) is 0. The molecule has 1 atom stereocenters. The Balaban J connectivity index is 2.16. The second-order valence-electron chi connectivity index (χ2n) is 3.61. The topological polar surface area (TPSA) is 102 Å². The number of hydrogen-bond donors (Lipinski definition) is 4. The highest BCUT2D eigenvalue weighted by molar-refractivity contribution is 5.74. The van der Waals surface area contributed by atoms with E-state index >= 15 is 0 Å². The van der Waals surface area contributed by atoms with Gasteiger partial charge in [-0.1, -0.05) is 0 Å². The van der Waals surface area contributed by atoms with E-state index in [0.29, 0.717) is 13.1 Å². The van der Waals surface area contributed by atoms with Crippen molar-refractivity contribution < 1.29 is 19.8 Å². The molecule has 1 aliphatic heterocycles. The van der Waals surface area contributed by atoms with Gasteiger partial charge >= 0.3 is 12.0 Å². The van der Waals surface area contributed by atoms with E-state index in [9.17, 15) is 9.59 Å². The van der Waals surface area contributed by atoms with E-state index < -0.39 is 12.1 Å². The van der Waals surface area contributed by atoms with E-state index in [1.54, 1.807) is 4.90 Å². The summed E-state index contributed by atoms with van der Waals surface area (Å²) in [6.07, 6.45) is -1.39. The minimum atomic E-state index is -1.41. The third-order valence-electron chi connectivity index (χ3n) is 2.38. The number of aliphatic hydroxyl groups is 1. The van der Waals surface area contributed by atoms with Crippen molar-refractivity contribution in [2.24, 2.45) is 0 Å². The molecule has 0 aliphatic carbocycles. The summed E-state index contributed by atoms with van der Waals surface area (Å²) in [5.41, 5.74) is 0. The molecule has 92 valence electrons. The van der Waals surface area contributed by atoms with Crippen LogP contribution in [0, 0.1) is 0 Å².